The summed E-state index contributed by atoms with van der Waals surface area (Å²) in [6, 6.07) is 21.7. The molecule has 0 atom stereocenters. The number of furan rings is 1. The molecule has 0 aliphatic carbocycles. The molecule has 5 aromatic rings. The average molecular weight is 500 g/mol. The number of nitrogens with zero attached hydrogens (tertiary/aromatic N) is 1. The molecule has 32 heavy (non-hydrogen) atoms. The van der Waals surface area contributed by atoms with Gasteiger partial charge < -0.3 is 9.73 Å². The molecular formula is C24H13Cl3N2O2S. The van der Waals surface area contributed by atoms with E-state index >= 15 is 0 Å². The third-order valence-corrected chi connectivity index (χ3v) is 6.73. The largest absolute Gasteiger partial charge is 0.451 e. The van der Waals surface area contributed by atoms with Crippen molar-refractivity contribution in [3.8, 4) is 21.9 Å². The normalized spacial score (nSPS) is 11.1. The molecule has 1 N–H and O–H groups in total. The molecule has 2 heterocycles. The first-order valence-electron chi connectivity index (χ1n) is 9.50. The van der Waals surface area contributed by atoms with Gasteiger partial charge in [0, 0.05) is 16.1 Å². The van der Waals surface area contributed by atoms with Crippen LogP contribution in [0.3, 0.4) is 0 Å². The summed E-state index contributed by atoms with van der Waals surface area (Å²) in [6.07, 6.45) is 0. The smallest absolute Gasteiger partial charge is 0.291 e. The lowest BCUT2D eigenvalue weighted by Gasteiger charge is -2.09. The number of fused-ring (bicyclic) bond motifs is 1. The number of thiazole rings is 1. The summed E-state index contributed by atoms with van der Waals surface area (Å²) >= 11 is 20.2. The Kier molecular flexibility index (Phi) is 5.66. The minimum Gasteiger partial charge on any atom is -0.451 e. The number of carbonyl (C=O) groups is 1. The van der Waals surface area contributed by atoms with E-state index in [4.69, 9.17) is 39.2 Å². The number of rotatable bonds is 4. The number of carbonyl (C=O) groups excluding carboxylic acids is 1. The summed E-state index contributed by atoms with van der Waals surface area (Å²) in [5.74, 6) is 0.288. The van der Waals surface area contributed by atoms with E-state index in [-0.39, 0.29) is 5.76 Å². The van der Waals surface area contributed by atoms with E-state index in [2.05, 4.69) is 10.3 Å². The second-order valence-corrected chi connectivity index (χ2v) is 9.21. The highest BCUT2D eigenvalue weighted by Crippen LogP contribution is 2.39. The Balaban J connectivity index is 1.43. The molecule has 0 unspecified atom stereocenters. The topological polar surface area (TPSA) is 55.1 Å². The van der Waals surface area contributed by atoms with Crippen LogP contribution in [-0.4, -0.2) is 10.9 Å². The van der Waals surface area contributed by atoms with Crippen LogP contribution >= 0.6 is 46.1 Å². The summed E-state index contributed by atoms with van der Waals surface area (Å²) in [7, 11) is 0. The van der Waals surface area contributed by atoms with Gasteiger partial charge in [0.25, 0.3) is 5.91 Å². The van der Waals surface area contributed by atoms with Gasteiger partial charge in [0.1, 0.15) is 10.8 Å². The van der Waals surface area contributed by atoms with Crippen LogP contribution in [0.5, 0.6) is 0 Å². The van der Waals surface area contributed by atoms with E-state index in [9.17, 15) is 4.79 Å². The summed E-state index contributed by atoms with van der Waals surface area (Å²) in [4.78, 5) is 17.5. The van der Waals surface area contributed by atoms with Gasteiger partial charge >= 0.3 is 0 Å². The van der Waals surface area contributed by atoms with Crippen LogP contribution in [0.15, 0.2) is 77.2 Å². The number of aromatic nitrogens is 1. The van der Waals surface area contributed by atoms with E-state index < -0.39 is 5.91 Å². The van der Waals surface area contributed by atoms with Gasteiger partial charge in [-0.3, -0.25) is 4.79 Å². The molecule has 0 spiro atoms. The van der Waals surface area contributed by atoms with Gasteiger partial charge in [-0.05, 0) is 60.7 Å². The lowest BCUT2D eigenvalue weighted by Crippen LogP contribution is -2.11. The second kappa shape index (κ2) is 8.60. The van der Waals surface area contributed by atoms with Crippen LogP contribution in [0.25, 0.3) is 32.1 Å². The fraction of sp³-hybridized carbons (Fsp3) is 0. The van der Waals surface area contributed by atoms with Gasteiger partial charge in [-0.15, -0.1) is 11.3 Å². The fourth-order valence-corrected chi connectivity index (χ4v) is 4.91. The Hall–Kier alpha value is -2.83. The van der Waals surface area contributed by atoms with Crippen molar-refractivity contribution in [3.63, 3.8) is 0 Å². The van der Waals surface area contributed by atoms with E-state index in [0.717, 1.165) is 20.8 Å². The van der Waals surface area contributed by atoms with Gasteiger partial charge in [-0.1, -0.05) is 46.9 Å². The first-order chi connectivity index (χ1) is 15.5. The van der Waals surface area contributed by atoms with Crippen molar-refractivity contribution in [2.24, 2.45) is 0 Å². The molecule has 3 aromatic carbocycles. The van der Waals surface area contributed by atoms with Crippen LogP contribution in [0.2, 0.25) is 15.1 Å². The van der Waals surface area contributed by atoms with Crippen molar-refractivity contribution >= 4 is 68.0 Å². The highest BCUT2D eigenvalue weighted by Gasteiger charge is 2.17. The van der Waals surface area contributed by atoms with Gasteiger partial charge in [0.15, 0.2) is 5.76 Å². The van der Waals surface area contributed by atoms with E-state index in [1.807, 2.05) is 36.4 Å². The van der Waals surface area contributed by atoms with Crippen molar-refractivity contribution in [1.29, 1.82) is 0 Å². The zero-order valence-electron chi connectivity index (χ0n) is 16.2. The first-order valence-corrected chi connectivity index (χ1v) is 11.4. The number of nitrogens with one attached hydrogen (secondary N) is 1. The number of anilines is 1. The van der Waals surface area contributed by atoms with Crippen molar-refractivity contribution in [1.82, 2.24) is 4.98 Å². The molecule has 0 aliphatic heterocycles. The van der Waals surface area contributed by atoms with Gasteiger partial charge in [-0.2, -0.15) is 0 Å². The lowest BCUT2D eigenvalue weighted by atomic mass is 10.2. The summed E-state index contributed by atoms with van der Waals surface area (Å²) < 4.78 is 6.77. The molecule has 1 amide bonds. The van der Waals surface area contributed by atoms with Crippen molar-refractivity contribution in [3.05, 3.63) is 93.6 Å². The molecule has 0 saturated heterocycles. The third kappa shape index (κ3) is 4.12. The van der Waals surface area contributed by atoms with E-state index in [1.165, 1.54) is 11.3 Å². The van der Waals surface area contributed by atoms with Gasteiger partial charge in [0.05, 0.1) is 25.9 Å². The Labute approximate surface area is 202 Å². The van der Waals surface area contributed by atoms with Gasteiger partial charge in [0.2, 0.25) is 0 Å². The highest BCUT2D eigenvalue weighted by atomic mass is 35.5. The number of hydrogen-bond acceptors (Lipinski definition) is 4. The minimum absolute atomic E-state index is 0.155. The number of para-hydroxylation sites is 1. The quantitative estimate of drug-likeness (QED) is 0.270. The monoisotopic (exact) mass is 498 g/mol. The lowest BCUT2D eigenvalue weighted by molar-refractivity contribution is 0.0997. The number of halogens is 3. The van der Waals surface area contributed by atoms with E-state index in [0.29, 0.717) is 32.1 Å². The number of hydrogen-bond donors (Lipinski definition) is 1. The molecule has 5 rings (SSSR count). The third-order valence-electron chi connectivity index (χ3n) is 4.79. The zero-order valence-corrected chi connectivity index (χ0v) is 19.3. The number of amides is 1. The Morgan fingerprint density at radius 3 is 2.47 bits per heavy atom. The number of benzene rings is 3. The van der Waals surface area contributed by atoms with E-state index in [1.54, 1.807) is 36.4 Å². The van der Waals surface area contributed by atoms with Crippen molar-refractivity contribution < 1.29 is 9.21 Å². The maximum Gasteiger partial charge on any atom is 0.291 e. The Morgan fingerprint density at radius 1 is 0.906 bits per heavy atom. The summed E-state index contributed by atoms with van der Waals surface area (Å²) in [5, 5.41) is 4.94. The molecule has 0 saturated carbocycles. The fourth-order valence-electron chi connectivity index (χ4n) is 3.21. The average Bonchev–Trinajstić information content (AvgIpc) is 3.43. The molecule has 0 radical (unpaired) electrons. The molecule has 4 nitrogen and oxygen atoms in total. The van der Waals surface area contributed by atoms with Crippen molar-refractivity contribution in [2.75, 3.05) is 5.32 Å². The van der Waals surface area contributed by atoms with Gasteiger partial charge in [-0.25, -0.2) is 4.98 Å². The minimum atomic E-state index is -0.426. The van der Waals surface area contributed by atoms with Crippen LogP contribution in [0.4, 0.5) is 5.69 Å². The molecular weight excluding hydrogens is 487 g/mol. The summed E-state index contributed by atoms with van der Waals surface area (Å²) in [6.45, 7) is 0. The SMILES string of the molecule is O=C(Nc1cc(-c2nc3ccccc3s2)c(Cl)cc1Cl)c1ccc(-c2ccc(Cl)cc2)o1. The molecule has 0 fully saturated rings. The Bertz CT molecular complexity index is 1430. The highest BCUT2D eigenvalue weighted by molar-refractivity contribution is 7.21. The molecule has 158 valence electrons. The molecule has 8 heteroatoms. The maximum atomic E-state index is 12.8. The zero-order chi connectivity index (χ0) is 22.2. The maximum absolute atomic E-state index is 12.8. The molecule has 0 aliphatic rings. The Morgan fingerprint density at radius 2 is 1.69 bits per heavy atom. The predicted octanol–water partition coefficient (Wildman–Crippen LogP) is 8.44. The van der Waals surface area contributed by atoms with Crippen LogP contribution in [-0.2, 0) is 0 Å². The molecule has 0 bridgehead atoms. The standard InChI is InChI=1S/C24H13Cl3N2O2S/c25-14-7-5-13(6-8-14)20-9-10-21(31-20)23(30)28-19-11-15(16(26)12-17(19)27)24-29-18-3-1-2-4-22(18)32-24/h1-12H,(H,28,30). The predicted molar refractivity (Wildman–Crippen MR) is 132 cm³/mol. The van der Waals surface area contributed by atoms with Crippen molar-refractivity contribution in [2.45, 2.75) is 0 Å². The van der Waals surface area contributed by atoms with Crippen LogP contribution in [0.1, 0.15) is 10.6 Å². The molecule has 2 aromatic heterocycles. The summed E-state index contributed by atoms with van der Waals surface area (Å²) in [5.41, 5.74) is 2.80. The second-order valence-electron chi connectivity index (χ2n) is 6.92. The van der Waals surface area contributed by atoms with Crippen LogP contribution < -0.4 is 5.32 Å². The van der Waals surface area contributed by atoms with Crippen LogP contribution in [0, 0.1) is 0 Å². The first kappa shape index (κ1) is 21.0.